The zero-order valence-electron chi connectivity index (χ0n) is 17.0. The predicted molar refractivity (Wildman–Crippen MR) is 116 cm³/mol. The van der Waals surface area contributed by atoms with Crippen LogP contribution in [-0.4, -0.2) is 60.2 Å². The second-order valence-corrected chi connectivity index (χ2v) is 8.20. The molecule has 0 fully saturated rings. The SMILES string of the molecule is O=C(CSCCNC(=O)OCC1c2ccccc2-c2ccccc21)NCC(F)(F)C(=O)O. The maximum absolute atomic E-state index is 12.9. The molecule has 0 saturated carbocycles. The summed E-state index contributed by atoms with van der Waals surface area (Å²) in [4.78, 5) is 33.8. The molecule has 32 heavy (non-hydrogen) atoms. The normalized spacial score (nSPS) is 12.6. The number of carboxylic acid groups (broad SMARTS) is 1. The quantitative estimate of drug-likeness (QED) is 0.467. The van der Waals surface area contributed by atoms with Crippen LogP contribution in [0, 0.1) is 0 Å². The highest BCUT2D eigenvalue weighted by Crippen LogP contribution is 2.44. The van der Waals surface area contributed by atoms with E-state index in [1.54, 1.807) is 0 Å². The minimum Gasteiger partial charge on any atom is -0.477 e. The summed E-state index contributed by atoms with van der Waals surface area (Å²) < 4.78 is 31.2. The summed E-state index contributed by atoms with van der Waals surface area (Å²) in [5.41, 5.74) is 4.48. The van der Waals surface area contributed by atoms with Crippen molar-refractivity contribution in [1.82, 2.24) is 10.6 Å². The summed E-state index contributed by atoms with van der Waals surface area (Å²) in [6, 6.07) is 16.0. The largest absolute Gasteiger partial charge is 0.477 e. The number of thioether (sulfide) groups is 1. The lowest BCUT2D eigenvalue weighted by atomic mass is 9.98. The fourth-order valence-corrected chi connectivity index (χ4v) is 4.05. The van der Waals surface area contributed by atoms with Crippen molar-refractivity contribution in [3.8, 4) is 11.1 Å². The van der Waals surface area contributed by atoms with E-state index in [1.807, 2.05) is 53.8 Å². The molecule has 0 saturated heterocycles. The predicted octanol–water partition coefficient (Wildman–Crippen LogP) is 3.09. The number of carboxylic acids is 1. The van der Waals surface area contributed by atoms with E-state index in [-0.39, 0.29) is 24.8 Å². The molecule has 0 aromatic heterocycles. The number of benzene rings is 2. The lowest BCUT2D eigenvalue weighted by Crippen LogP contribution is -2.42. The van der Waals surface area contributed by atoms with Crippen LogP contribution in [0.3, 0.4) is 0 Å². The molecule has 0 aliphatic heterocycles. The van der Waals surface area contributed by atoms with Gasteiger partial charge in [0, 0.05) is 18.2 Å². The number of ether oxygens (including phenoxy) is 1. The molecule has 0 radical (unpaired) electrons. The van der Waals surface area contributed by atoms with E-state index in [1.165, 1.54) is 0 Å². The summed E-state index contributed by atoms with van der Waals surface area (Å²) in [5, 5.41) is 12.8. The monoisotopic (exact) mass is 464 g/mol. The van der Waals surface area contributed by atoms with Gasteiger partial charge in [0.15, 0.2) is 0 Å². The Morgan fingerprint density at radius 2 is 1.59 bits per heavy atom. The smallest absolute Gasteiger partial charge is 0.407 e. The van der Waals surface area contributed by atoms with Crippen molar-refractivity contribution in [1.29, 1.82) is 0 Å². The van der Waals surface area contributed by atoms with Crippen molar-refractivity contribution in [3.63, 3.8) is 0 Å². The van der Waals surface area contributed by atoms with Crippen LogP contribution < -0.4 is 10.6 Å². The van der Waals surface area contributed by atoms with Gasteiger partial charge in [-0.05, 0) is 22.3 Å². The van der Waals surface area contributed by atoms with Gasteiger partial charge in [0.2, 0.25) is 5.91 Å². The standard InChI is InChI=1S/C22H22F2N2O5S/c23-22(24,20(28)29)13-26-19(27)12-32-10-9-25-21(30)31-11-18-16-7-3-1-5-14(16)15-6-2-4-8-17(15)18/h1-8,18H,9-13H2,(H,25,30)(H,26,27)(H,28,29). The summed E-state index contributed by atoms with van der Waals surface area (Å²) in [7, 11) is 0. The van der Waals surface area contributed by atoms with Crippen LogP contribution in [0.2, 0.25) is 0 Å². The minimum absolute atomic E-state index is 0.0462. The Morgan fingerprint density at radius 1 is 1.00 bits per heavy atom. The van der Waals surface area contributed by atoms with Crippen LogP contribution in [0.1, 0.15) is 17.0 Å². The molecule has 0 atom stereocenters. The number of aliphatic carboxylic acids is 1. The summed E-state index contributed by atoms with van der Waals surface area (Å²) in [5.74, 6) is -6.84. The maximum Gasteiger partial charge on any atom is 0.407 e. The number of hydrogen-bond acceptors (Lipinski definition) is 5. The van der Waals surface area contributed by atoms with E-state index in [9.17, 15) is 23.2 Å². The second-order valence-electron chi connectivity index (χ2n) is 7.09. The molecule has 3 rings (SSSR count). The van der Waals surface area contributed by atoms with Crippen molar-refractivity contribution < 1.29 is 33.0 Å². The van der Waals surface area contributed by atoms with Crippen LogP contribution >= 0.6 is 11.8 Å². The van der Waals surface area contributed by atoms with Gasteiger partial charge in [0.25, 0.3) is 0 Å². The first-order valence-corrected chi connectivity index (χ1v) is 11.0. The number of hydrogen-bond donors (Lipinski definition) is 3. The first-order valence-electron chi connectivity index (χ1n) is 9.84. The van der Waals surface area contributed by atoms with E-state index in [2.05, 4.69) is 5.32 Å². The van der Waals surface area contributed by atoms with Gasteiger partial charge < -0.3 is 20.5 Å². The third kappa shape index (κ3) is 5.76. The zero-order chi connectivity index (χ0) is 23.1. The van der Waals surface area contributed by atoms with Gasteiger partial charge in [-0.15, -0.1) is 0 Å². The average Bonchev–Trinajstić information content (AvgIpc) is 3.10. The van der Waals surface area contributed by atoms with E-state index in [0.717, 1.165) is 34.0 Å². The highest BCUT2D eigenvalue weighted by molar-refractivity contribution is 7.99. The number of rotatable bonds is 10. The van der Waals surface area contributed by atoms with Crippen molar-refractivity contribution in [3.05, 3.63) is 59.7 Å². The molecule has 2 aromatic rings. The van der Waals surface area contributed by atoms with Crippen molar-refractivity contribution in [2.45, 2.75) is 11.8 Å². The zero-order valence-corrected chi connectivity index (χ0v) is 17.8. The first-order chi connectivity index (χ1) is 15.3. The Balaban J connectivity index is 1.36. The Hall–Kier alpha value is -3.14. The number of alkyl carbamates (subject to hydrolysis) is 1. The molecule has 2 amide bonds. The van der Waals surface area contributed by atoms with Gasteiger partial charge in [0.05, 0.1) is 12.3 Å². The fourth-order valence-electron chi connectivity index (χ4n) is 3.38. The maximum atomic E-state index is 12.9. The molecular formula is C22H22F2N2O5S. The second kappa shape index (κ2) is 10.4. The van der Waals surface area contributed by atoms with Gasteiger partial charge in [-0.1, -0.05) is 48.5 Å². The number of fused-ring (bicyclic) bond motifs is 3. The van der Waals surface area contributed by atoms with Crippen LogP contribution in [0.25, 0.3) is 11.1 Å². The molecule has 0 heterocycles. The molecule has 2 aromatic carbocycles. The topological polar surface area (TPSA) is 105 Å². The molecule has 7 nitrogen and oxygen atoms in total. The molecule has 0 unspecified atom stereocenters. The number of alkyl halides is 2. The van der Waals surface area contributed by atoms with Crippen LogP contribution in [0.5, 0.6) is 0 Å². The minimum atomic E-state index is -4.01. The van der Waals surface area contributed by atoms with E-state index < -0.39 is 30.4 Å². The van der Waals surface area contributed by atoms with E-state index in [0.29, 0.717) is 5.75 Å². The van der Waals surface area contributed by atoms with Crippen LogP contribution in [-0.2, 0) is 14.3 Å². The van der Waals surface area contributed by atoms with Gasteiger partial charge >= 0.3 is 18.0 Å². The van der Waals surface area contributed by atoms with Crippen molar-refractivity contribution >= 4 is 29.7 Å². The van der Waals surface area contributed by atoms with Gasteiger partial charge in [0.1, 0.15) is 6.61 Å². The molecule has 3 N–H and O–H groups in total. The van der Waals surface area contributed by atoms with E-state index >= 15 is 0 Å². The Kier molecular flexibility index (Phi) is 7.68. The fraction of sp³-hybridized carbons (Fsp3) is 0.318. The summed E-state index contributed by atoms with van der Waals surface area (Å²) in [6.45, 7) is -0.854. The third-order valence-corrected chi connectivity index (χ3v) is 5.87. The van der Waals surface area contributed by atoms with Crippen LogP contribution in [0.15, 0.2) is 48.5 Å². The lowest BCUT2D eigenvalue weighted by Gasteiger charge is -2.14. The number of amides is 2. The highest BCUT2D eigenvalue weighted by Gasteiger charge is 2.38. The Bertz CT molecular complexity index is 956. The lowest BCUT2D eigenvalue weighted by molar-refractivity contribution is -0.164. The number of halogens is 2. The molecule has 0 spiro atoms. The van der Waals surface area contributed by atoms with Gasteiger partial charge in [-0.2, -0.15) is 20.5 Å². The number of nitrogens with one attached hydrogen (secondary N) is 2. The molecule has 170 valence electrons. The molecule has 10 heteroatoms. The molecule has 0 bridgehead atoms. The number of carbonyl (C=O) groups excluding carboxylic acids is 2. The Labute approximate surface area is 187 Å². The molecule has 1 aliphatic carbocycles. The summed E-state index contributed by atoms with van der Waals surface area (Å²) >= 11 is 1.11. The first kappa shape index (κ1) is 23.5. The summed E-state index contributed by atoms with van der Waals surface area (Å²) in [6.07, 6.45) is -0.585. The average molecular weight is 464 g/mol. The molecular weight excluding hydrogens is 442 g/mol. The van der Waals surface area contributed by atoms with Crippen molar-refractivity contribution in [2.24, 2.45) is 0 Å². The van der Waals surface area contributed by atoms with Gasteiger partial charge in [-0.3, -0.25) is 4.79 Å². The highest BCUT2D eigenvalue weighted by atomic mass is 32.2. The Morgan fingerprint density at radius 3 is 2.19 bits per heavy atom. The van der Waals surface area contributed by atoms with Crippen molar-refractivity contribution in [2.75, 3.05) is 31.2 Å². The number of carbonyl (C=O) groups is 3. The third-order valence-electron chi connectivity index (χ3n) is 4.91. The van der Waals surface area contributed by atoms with Crippen LogP contribution in [0.4, 0.5) is 13.6 Å². The van der Waals surface area contributed by atoms with E-state index in [4.69, 9.17) is 9.84 Å². The van der Waals surface area contributed by atoms with Gasteiger partial charge in [-0.25, -0.2) is 9.59 Å². The molecule has 1 aliphatic rings.